The van der Waals surface area contributed by atoms with Crippen LogP contribution >= 0.6 is 15.9 Å². The monoisotopic (exact) mass is 563 g/mol. The molecule has 3 aromatic carbocycles. The molecule has 9 heteroatoms. The van der Waals surface area contributed by atoms with Gasteiger partial charge in [0.2, 0.25) is 0 Å². The minimum Gasteiger partial charge on any atom is -0.493 e. The number of anilines is 1. The van der Waals surface area contributed by atoms with Gasteiger partial charge in [-0.3, -0.25) is 14.5 Å². The summed E-state index contributed by atoms with van der Waals surface area (Å²) in [5.41, 5.74) is 4.37. The molecule has 1 saturated heterocycles. The summed E-state index contributed by atoms with van der Waals surface area (Å²) in [6.07, 6.45) is 1.57. The maximum absolute atomic E-state index is 12.8. The number of carbonyl (C=O) groups is 3. The van der Waals surface area contributed by atoms with Crippen molar-refractivity contribution in [3.63, 3.8) is 0 Å². The molecule has 0 spiro atoms. The molecule has 1 heterocycles. The molecule has 8 nitrogen and oxygen atoms in total. The molecule has 1 aliphatic rings. The van der Waals surface area contributed by atoms with Crippen LogP contribution in [0.3, 0.4) is 0 Å². The molecule has 1 fully saturated rings. The summed E-state index contributed by atoms with van der Waals surface area (Å²) < 4.78 is 12.1. The number of urea groups is 1. The summed E-state index contributed by atoms with van der Waals surface area (Å²) in [6.45, 7) is 3.87. The maximum atomic E-state index is 12.8. The lowest BCUT2D eigenvalue weighted by Gasteiger charge is -2.14. The predicted octanol–water partition coefficient (Wildman–Crippen LogP) is 5.18. The number of ether oxygens (including phenoxy) is 2. The van der Waals surface area contributed by atoms with E-state index in [-0.39, 0.29) is 24.8 Å². The highest BCUT2D eigenvalue weighted by molar-refractivity contribution is 9.10. The second kappa shape index (κ2) is 11.3. The molecular weight excluding hydrogens is 538 g/mol. The highest BCUT2D eigenvalue weighted by Crippen LogP contribution is 2.30. The third-order valence-electron chi connectivity index (χ3n) is 6.00. The van der Waals surface area contributed by atoms with Gasteiger partial charge in [-0.2, -0.15) is 0 Å². The van der Waals surface area contributed by atoms with Crippen LogP contribution in [0.15, 0.2) is 70.8 Å². The number of carbonyl (C=O) groups excluding carboxylic acids is 3. The average Bonchev–Trinajstić information content (AvgIpc) is 3.16. The standard InChI is InChI=1S/C28H26BrN3O5/c1-17-18(2)22(11-10-21(17)29)30-26(33)16-37-24-12-9-20(14-25(24)36-3)13-23-27(34)32(28(35)31-23)15-19-7-5-4-6-8-19/h4-14H,15-16H2,1-3H3,(H,30,33)(H,31,35)/b23-13+. The van der Waals surface area contributed by atoms with Gasteiger partial charge >= 0.3 is 6.03 Å². The van der Waals surface area contributed by atoms with Gasteiger partial charge in [0.25, 0.3) is 11.8 Å². The Balaban J connectivity index is 1.42. The molecule has 0 saturated carbocycles. The SMILES string of the molecule is COc1cc(/C=C2/NC(=O)N(Cc3ccccc3)C2=O)ccc1OCC(=O)Nc1ccc(Br)c(C)c1C. The first kappa shape index (κ1) is 26.0. The molecule has 0 unspecified atom stereocenters. The van der Waals surface area contributed by atoms with Crippen molar-refractivity contribution >= 4 is 45.5 Å². The van der Waals surface area contributed by atoms with E-state index in [9.17, 15) is 14.4 Å². The maximum Gasteiger partial charge on any atom is 0.329 e. The van der Waals surface area contributed by atoms with Crippen molar-refractivity contribution in [1.82, 2.24) is 10.2 Å². The third-order valence-corrected chi connectivity index (χ3v) is 6.86. The lowest BCUT2D eigenvalue weighted by atomic mass is 10.1. The van der Waals surface area contributed by atoms with Crippen LogP contribution in [0.25, 0.3) is 6.08 Å². The number of nitrogens with one attached hydrogen (secondary N) is 2. The van der Waals surface area contributed by atoms with E-state index >= 15 is 0 Å². The van der Waals surface area contributed by atoms with E-state index in [1.54, 1.807) is 24.3 Å². The Morgan fingerprint density at radius 3 is 2.51 bits per heavy atom. The van der Waals surface area contributed by atoms with Crippen molar-refractivity contribution in [2.45, 2.75) is 20.4 Å². The molecule has 4 rings (SSSR count). The molecule has 1 aliphatic heterocycles. The number of hydrogen-bond acceptors (Lipinski definition) is 5. The topological polar surface area (TPSA) is 97.0 Å². The van der Waals surface area contributed by atoms with Crippen molar-refractivity contribution in [3.8, 4) is 11.5 Å². The number of imide groups is 1. The van der Waals surface area contributed by atoms with Crippen LogP contribution in [0.5, 0.6) is 11.5 Å². The first-order valence-corrected chi connectivity index (χ1v) is 12.3. The van der Waals surface area contributed by atoms with E-state index in [1.807, 2.05) is 56.3 Å². The summed E-state index contributed by atoms with van der Waals surface area (Å²) in [4.78, 5) is 38.8. The van der Waals surface area contributed by atoms with Gasteiger partial charge in [0.1, 0.15) is 5.70 Å². The Hall–Kier alpha value is -4.11. The minimum absolute atomic E-state index is 0.163. The van der Waals surface area contributed by atoms with Crippen molar-refractivity contribution in [2.75, 3.05) is 19.0 Å². The van der Waals surface area contributed by atoms with Crippen LogP contribution in [-0.4, -0.2) is 36.5 Å². The van der Waals surface area contributed by atoms with Crippen molar-refractivity contribution < 1.29 is 23.9 Å². The van der Waals surface area contributed by atoms with Crippen LogP contribution in [0.1, 0.15) is 22.3 Å². The average molecular weight is 564 g/mol. The molecular formula is C28H26BrN3O5. The van der Waals surface area contributed by atoms with Gasteiger partial charge in [-0.15, -0.1) is 0 Å². The molecule has 0 bridgehead atoms. The fourth-order valence-corrected chi connectivity index (χ4v) is 4.22. The largest absolute Gasteiger partial charge is 0.493 e. The minimum atomic E-state index is -0.478. The number of amides is 4. The summed E-state index contributed by atoms with van der Waals surface area (Å²) >= 11 is 3.48. The molecule has 0 atom stereocenters. The first-order chi connectivity index (χ1) is 17.8. The number of rotatable bonds is 8. The number of halogens is 1. The lowest BCUT2D eigenvalue weighted by Crippen LogP contribution is -2.30. The van der Waals surface area contributed by atoms with E-state index < -0.39 is 11.9 Å². The smallest absolute Gasteiger partial charge is 0.329 e. The molecule has 4 amide bonds. The molecule has 2 N–H and O–H groups in total. The summed E-state index contributed by atoms with van der Waals surface area (Å²) in [5.74, 6) is 0.0332. The predicted molar refractivity (Wildman–Crippen MR) is 144 cm³/mol. The second-order valence-corrected chi connectivity index (χ2v) is 9.31. The quantitative estimate of drug-likeness (QED) is 0.290. The van der Waals surface area contributed by atoms with Gasteiger partial charge in [0.15, 0.2) is 18.1 Å². The molecule has 3 aromatic rings. The Labute approximate surface area is 223 Å². The van der Waals surface area contributed by atoms with Gasteiger partial charge in [-0.1, -0.05) is 52.3 Å². The number of methoxy groups -OCH3 is 1. The van der Waals surface area contributed by atoms with E-state index in [0.29, 0.717) is 22.7 Å². The van der Waals surface area contributed by atoms with E-state index in [1.165, 1.54) is 7.11 Å². The Bertz CT molecular complexity index is 1390. The zero-order valence-electron chi connectivity index (χ0n) is 20.6. The van der Waals surface area contributed by atoms with Crippen molar-refractivity contribution in [2.24, 2.45) is 0 Å². The zero-order valence-corrected chi connectivity index (χ0v) is 22.2. The van der Waals surface area contributed by atoms with Gasteiger partial charge in [0, 0.05) is 10.2 Å². The third kappa shape index (κ3) is 6.00. The van der Waals surface area contributed by atoms with Gasteiger partial charge < -0.3 is 20.1 Å². The van der Waals surface area contributed by atoms with Crippen LogP contribution in [-0.2, 0) is 16.1 Å². The summed E-state index contributed by atoms with van der Waals surface area (Å²) in [6, 6.07) is 17.6. The highest BCUT2D eigenvalue weighted by Gasteiger charge is 2.33. The first-order valence-electron chi connectivity index (χ1n) is 11.5. The summed E-state index contributed by atoms with van der Waals surface area (Å²) in [7, 11) is 1.48. The molecule has 0 aromatic heterocycles. The lowest BCUT2D eigenvalue weighted by molar-refractivity contribution is -0.123. The number of hydrogen-bond donors (Lipinski definition) is 2. The van der Waals surface area contributed by atoms with Crippen LogP contribution < -0.4 is 20.1 Å². The second-order valence-electron chi connectivity index (χ2n) is 8.46. The molecule has 190 valence electrons. The Kier molecular flexibility index (Phi) is 7.93. The van der Waals surface area contributed by atoms with E-state index in [0.717, 1.165) is 26.1 Å². The van der Waals surface area contributed by atoms with Crippen LogP contribution in [0.2, 0.25) is 0 Å². The van der Waals surface area contributed by atoms with Crippen LogP contribution in [0.4, 0.5) is 10.5 Å². The molecule has 0 radical (unpaired) electrons. The van der Waals surface area contributed by atoms with E-state index in [4.69, 9.17) is 9.47 Å². The normalized spacial score (nSPS) is 14.1. The van der Waals surface area contributed by atoms with Crippen molar-refractivity contribution in [3.05, 3.63) is 93.1 Å². The van der Waals surface area contributed by atoms with E-state index in [2.05, 4.69) is 26.6 Å². The fourth-order valence-electron chi connectivity index (χ4n) is 3.79. The zero-order chi connectivity index (χ0) is 26.5. The number of benzene rings is 3. The van der Waals surface area contributed by atoms with Crippen LogP contribution in [0, 0.1) is 13.8 Å². The Morgan fingerprint density at radius 2 is 1.78 bits per heavy atom. The Morgan fingerprint density at radius 1 is 1.03 bits per heavy atom. The van der Waals surface area contributed by atoms with Gasteiger partial charge in [-0.05, 0) is 66.4 Å². The van der Waals surface area contributed by atoms with Gasteiger partial charge in [-0.25, -0.2) is 4.79 Å². The number of nitrogens with zero attached hydrogens (tertiary/aromatic N) is 1. The molecule has 0 aliphatic carbocycles. The van der Waals surface area contributed by atoms with Gasteiger partial charge in [0.05, 0.1) is 13.7 Å². The molecule has 37 heavy (non-hydrogen) atoms. The highest BCUT2D eigenvalue weighted by atomic mass is 79.9. The fraction of sp³-hybridized carbons (Fsp3) is 0.179. The summed E-state index contributed by atoms with van der Waals surface area (Å²) in [5, 5.41) is 5.48. The van der Waals surface area contributed by atoms with Crippen molar-refractivity contribution in [1.29, 1.82) is 0 Å².